The zero-order valence-corrected chi connectivity index (χ0v) is 53.8. The Morgan fingerprint density at radius 1 is 0.698 bits per heavy atom. The Hall–Kier alpha value is -10.7. The summed E-state index contributed by atoms with van der Waals surface area (Å²) in [5, 5.41) is 46.3. The van der Waals surface area contributed by atoms with E-state index in [1.165, 1.54) is 41.7 Å². The molecule has 0 saturated carbocycles. The van der Waals surface area contributed by atoms with Crippen LogP contribution >= 0.6 is 0 Å². The second-order valence-corrected chi connectivity index (χ2v) is 24.4. The van der Waals surface area contributed by atoms with Crippen LogP contribution in [0.4, 0.5) is 0 Å². The Labute approximate surface area is 554 Å². The number of imidazole rings is 2. The number of nitrogens with one attached hydrogen (secondary N) is 11. The number of aliphatic hydroxyl groups excluding tert-OH is 1. The number of guanidine groups is 1. The molecule has 0 bridgehead atoms. The summed E-state index contributed by atoms with van der Waals surface area (Å²) >= 11 is 0. The number of carbonyl (C=O) groups is 10. The first kappa shape index (κ1) is 71.2. The van der Waals surface area contributed by atoms with E-state index in [1.54, 1.807) is 48.4 Å². The van der Waals surface area contributed by atoms with Crippen LogP contribution < -0.4 is 59.3 Å². The molecule has 9 atom stereocenters. The van der Waals surface area contributed by atoms with Crippen LogP contribution in [0.2, 0.25) is 0 Å². The van der Waals surface area contributed by atoms with Crippen LogP contribution in [-0.2, 0) is 80.2 Å². The summed E-state index contributed by atoms with van der Waals surface area (Å²) in [6.07, 6.45) is 8.49. The number of hydrogen-bond acceptors (Lipinski definition) is 15. The van der Waals surface area contributed by atoms with Gasteiger partial charge in [-0.15, -0.1) is 0 Å². The summed E-state index contributed by atoms with van der Waals surface area (Å²) in [6.45, 7) is 5.50. The first-order valence-corrected chi connectivity index (χ1v) is 32.2. The number of aromatic hydroxyl groups is 1. The number of likely N-dealkylation sites (tertiary alicyclic amines) is 1. The number of aliphatic hydroxyl groups is 1. The molecule has 0 unspecified atom stereocenters. The molecule has 3 aromatic carbocycles. The van der Waals surface area contributed by atoms with E-state index in [2.05, 4.69) is 72.8 Å². The number of nitrogens with two attached hydrogens (primary N) is 2. The monoisotopic (exact) mass is 1320 g/mol. The number of phenolic OH excluding ortho intramolecular Hbond substituents is 1. The highest BCUT2D eigenvalue weighted by Gasteiger charge is 2.40. The van der Waals surface area contributed by atoms with E-state index in [0.29, 0.717) is 59.3 Å². The molecule has 17 N–H and O–H groups in total. The molecule has 0 aliphatic carbocycles. The van der Waals surface area contributed by atoms with Crippen molar-refractivity contribution in [2.75, 3.05) is 26.2 Å². The van der Waals surface area contributed by atoms with E-state index in [-0.39, 0.29) is 100 Å². The molecule has 10 amide bonds. The molecular formula is C66H86N18O12. The maximum Gasteiger partial charge on any atom is 0.245 e. The number of amides is 10. The minimum atomic E-state index is -1.79. The average molecular weight is 1320 g/mol. The topological polar surface area (TPSA) is 449 Å². The molecule has 96 heavy (non-hydrogen) atoms. The number of likely N-dealkylation sites (N-methyl/N-ethyl adjacent to an activating group) is 1. The Bertz CT molecular complexity index is 3680. The molecule has 2 saturated heterocycles. The summed E-state index contributed by atoms with van der Waals surface area (Å²) < 4.78 is 1.78. The first-order valence-electron chi connectivity index (χ1n) is 32.2. The van der Waals surface area contributed by atoms with Crippen molar-refractivity contribution < 1.29 is 58.2 Å². The molecule has 30 heteroatoms. The molecule has 5 heterocycles. The van der Waals surface area contributed by atoms with Crippen LogP contribution in [0.5, 0.6) is 5.75 Å². The second kappa shape index (κ2) is 34.5. The lowest BCUT2D eigenvalue weighted by Gasteiger charge is -2.30. The van der Waals surface area contributed by atoms with Gasteiger partial charge in [-0.3, -0.25) is 52.9 Å². The number of rotatable bonds is 34. The van der Waals surface area contributed by atoms with Crippen LogP contribution in [0.25, 0.3) is 10.9 Å². The van der Waals surface area contributed by atoms with Crippen molar-refractivity contribution in [1.82, 2.24) is 77.3 Å². The number of benzene rings is 3. The van der Waals surface area contributed by atoms with Crippen molar-refractivity contribution in [3.8, 4) is 5.75 Å². The van der Waals surface area contributed by atoms with Gasteiger partial charge in [0.25, 0.3) is 0 Å². The minimum Gasteiger partial charge on any atom is -0.508 e. The fraction of sp³-hybridized carbons (Fsp3) is 0.439. The standard InChI is InChI=1S/C66H86N18O12/c1-4-70-64(95)55-17-11-25-84(55)65(96)48(16-10-24-71-66(67)68)76-58(89)49(26-38(2)3)77-62(93)53(30-43-34-83(37-74-43)33-40-12-6-5-7-13-40)81-59(90)50(27-39-18-20-44(86)21-19-39)78-63(94)54(35-85)82-60(91)51(28-41-31-72-46-15-9-8-14-45(41)46)79-61(92)52(29-42-32-69-36-73-42)80-57(88)47-22-23-56(87)75-47/h5-9,12-15,18-21,31-32,34,36-38,47-55,72,85-86H,4,10-11,16-17,22-30,33,35H2,1-3H3,(H,69,73)(H,70,95)(H,75,87)(H,76,89)(H,77,93)(H,78,94)(H,79,92)(H,80,88)(H,81,90)(H,82,91)(H4,67,68,71)/t47-,48-,49-,50-,51-,52-,53+,54+,55-/m0/s1. The van der Waals surface area contributed by atoms with Crippen molar-refractivity contribution in [3.05, 3.63) is 138 Å². The average Bonchev–Trinajstić information content (AvgIpc) is 1.65. The molecule has 2 aliphatic heterocycles. The van der Waals surface area contributed by atoms with Gasteiger partial charge in [-0.2, -0.15) is 0 Å². The largest absolute Gasteiger partial charge is 0.508 e. The zero-order valence-electron chi connectivity index (χ0n) is 53.8. The van der Waals surface area contributed by atoms with Gasteiger partial charge in [-0.1, -0.05) is 74.5 Å². The predicted molar refractivity (Wildman–Crippen MR) is 352 cm³/mol. The third-order valence-electron chi connectivity index (χ3n) is 16.5. The molecule has 0 spiro atoms. The fourth-order valence-corrected chi connectivity index (χ4v) is 11.6. The smallest absolute Gasteiger partial charge is 0.245 e. The summed E-state index contributed by atoms with van der Waals surface area (Å²) in [5.74, 6) is -7.72. The van der Waals surface area contributed by atoms with Gasteiger partial charge in [0.05, 0.1) is 25.0 Å². The maximum atomic E-state index is 15.1. The van der Waals surface area contributed by atoms with E-state index < -0.39 is 108 Å². The normalized spacial score (nSPS) is 16.6. The number of aromatic amines is 2. The molecule has 3 aromatic heterocycles. The molecule has 512 valence electrons. The van der Waals surface area contributed by atoms with Gasteiger partial charge < -0.3 is 89.0 Å². The second-order valence-electron chi connectivity index (χ2n) is 24.4. The van der Waals surface area contributed by atoms with Crippen LogP contribution in [-0.4, -0.2) is 185 Å². The molecule has 2 aliphatic rings. The lowest BCUT2D eigenvalue weighted by atomic mass is 10.0. The van der Waals surface area contributed by atoms with Crippen molar-refractivity contribution >= 4 is 75.9 Å². The van der Waals surface area contributed by atoms with E-state index in [0.717, 1.165) is 5.56 Å². The third kappa shape index (κ3) is 20.4. The Kier molecular flexibility index (Phi) is 25.6. The van der Waals surface area contributed by atoms with Crippen LogP contribution in [0.3, 0.4) is 0 Å². The Morgan fingerprint density at radius 2 is 1.32 bits per heavy atom. The number of para-hydroxylation sites is 1. The number of carbonyl (C=O) groups excluding carboxylic acids is 10. The van der Waals surface area contributed by atoms with Crippen molar-refractivity contribution in [1.29, 1.82) is 0 Å². The summed E-state index contributed by atoms with van der Waals surface area (Å²) in [4.78, 5) is 162. The van der Waals surface area contributed by atoms with Gasteiger partial charge in [0, 0.05) is 93.5 Å². The SMILES string of the molecule is CCNC(=O)[C@@H]1CCCN1C(=O)[C@H](CCCN=C(N)N)NC(=O)[C@H](CC(C)C)NC(=O)[C@@H](Cc1cn(Cc2ccccc2)cn1)NC(=O)[C@H](Cc1ccc(O)cc1)NC(=O)[C@@H](CO)NC(=O)[C@H](Cc1c[nH]c2ccccc12)NC(=O)[C@H](Cc1cnc[nH]1)NC(=O)[C@@H]1CCC(=O)N1. The highest BCUT2D eigenvalue weighted by molar-refractivity contribution is 5.99. The fourth-order valence-electron chi connectivity index (χ4n) is 11.6. The van der Waals surface area contributed by atoms with Gasteiger partial charge >= 0.3 is 0 Å². The van der Waals surface area contributed by atoms with Crippen LogP contribution in [0, 0.1) is 5.92 Å². The summed E-state index contributed by atoms with van der Waals surface area (Å²) in [7, 11) is 0. The number of hydrogen-bond donors (Lipinski definition) is 15. The van der Waals surface area contributed by atoms with Crippen LogP contribution in [0.15, 0.2) is 115 Å². The number of H-pyrrole nitrogens is 2. The number of fused-ring (bicyclic) bond motifs is 1. The van der Waals surface area contributed by atoms with Gasteiger partial charge in [0.2, 0.25) is 59.1 Å². The maximum absolute atomic E-state index is 15.1. The third-order valence-corrected chi connectivity index (χ3v) is 16.5. The van der Waals surface area contributed by atoms with Crippen molar-refractivity contribution in [2.45, 2.75) is 152 Å². The lowest BCUT2D eigenvalue weighted by Crippen LogP contribution is -2.61. The molecule has 8 rings (SSSR count). The highest BCUT2D eigenvalue weighted by Crippen LogP contribution is 2.23. The van der Waals surface area contributed by atoms with Gasteiger partial charge in [0.15, 0.2) is 5.96 Å². The van der Waals surface area contributed by atoms with E-state index >= 15 is 9.59 Å². The molecule has 6 aromatic rings. The zero-order chi connectivity index (χ0) is 68.8. The van der Waals surface area contributed by atoms with E-state index in [9.17, 15) is 48.6 Å². The number of aliphatic imine (C=N–C) groups is 1. The lowest BCUT2D eigenvalue weighted by molar-refractivity contribution is -0.142. The quantitative estimate of drug-likeness (QED) is 0.0131. The minimum absolute atomic E-state index is 0.0495. The van der Waals surface area contributed by atoms with Crippen molar-refractivity contribution in [2.24, 2.45) is 22.4 Å². The van der Waals surface area contributed by atoms with Crippen LogP contribution in [0.1, 0.15) is 93.8 Å². The number of nitrogens with zero attached hydrogens (tertiary/aromatic N) is 5. The highest BCUT2D eigenvalue weighted by atomic mass is 16.3. The molecule has 2 fully saturated rings. The van der Waals surface area contributed by atoms with E-state index in [4.69, 9.17) is 11.5 Å². The van der Waals surface area contributed by atoms with Crippen molar-refractivity contribution in [3.63, 3.8) is 0 Å². The number of phenols is 1. The van der Waals surface area contributed by atoms with Gasteiger partial charge in [-0.05, 0) is 86.3 Å². The summed E-state index contributed by atoms with van der Waals surface area (Å²) in [5.41, 5.74) is 14.6. The molecular weight excluding hydrogens is 1240 g/mol. The molecule has 0 radical (unpaired) electrons. The molecule has 30 nitrogen and oxygen atoms in total. The van der Waals surface area contributed by atoms with E-state index in [1.807, 2.05) is 50.2 Å². The Balaban J connectivity index is 1.06. The first-order chi connectivity index (χ1) is 46.1. The van der Waals surface area contributed by atoms with Gasteiger partial charge in [-0.25, -0.2) is 9.97 Å². The summed E-state index contributed by atoms with van der Waals surface area (Å²) in [6, 6.07) is 10.5. The Morgan fingerprint density at radius 3 is 1.97 bits per heavy atom. The van der Waals surface area contributed by atoms with Gasteiger partial charge in [0.1, 0.15) is 60.1 Å². The predicted octanol–water partition coefficient (Wildman–Crippen LogP) is -0.997. The number of aromatic nitrogens is 5.